The Bertz CT molecular complexity index is 1240. The molecule has 0 saturated heterocycles. The third-order valence-electron chi connectivity index (χ3n) is 4.77. The van der Waals surface area contributed by atoms with E-state index in [-0.39, 0.29) is 28.5 Å². The summed E-state index contributed by atoms with van der Waals surface area (Å²) in [7, 11) is -2.13. The van der Waals surface area contributed by atoms with E-state index in [4.69, 9.17) is 0 Å². The van der Waals surface area contributed by atoms with Crippen LogP contribution in [0.25, 0.3) is 0 Å². The number of amides is 1. The number of sulfonamides is 1. The van der Waals surface area contributed by atoms with Gasteiger partial charge in [0.05, 0.1) is 11.1 Å². The van der Waals surface area contributed by atoms with Crippen LogP contribution in [-0.2, 0) is 16.6 Å². The maximum Gasteiger partial charge on any atom is 0.271 e. The van der Waals surface area contributed by atoms with E-state index in [1.807, 2.05) is 6.92 Å². The van der Waals surface area contributed by atoms with Crippen LogP contribution in [0.5, 0.6) is 11.5 Å². The van der Waals surface area contributed by atoms with E-state index < -0.39 is 15.9 Å². The molecule has 9 heteroatoms. The molecular formula is C23H23N3O5S. The van der Waals surface area contributed by atoms with Crippen LogP contribution >= 0.6 is 0 Å². The van der Waals surface area contributed by atoms with Gasteiger partial charge in [-0.15, -0.1) is 0 Å². The lowest BCUT2D eigenvalue weighted by Gasteiger charge is -2.17. The fourth-order valence-electron chi connectivity index (χ4n) is 2.87. The number of rotatable bonds is 7. The number of nitrogens with one attached hydrogen (secondary N) is 1. The van der Waals surface area contributed by atoms with Crippen molar-refractivity contribution < 1.29 is 23.4 Å². The van der Waals surface area contributed by atoms with Gasteiger partial charge < -0.3 is 10.2 Å². The van der Waals surface area contributed by atoms with Crippen LogP contribution in [0.4, 0.5) is 0 Å². The van der Waals surface area contributed by atoms with Gasteiger partial charge in [0.15, 0.2) is 11.5 Å². The van der Waals surface area contributed by atoms with E-state index >= 15 is 0 Å². The fourth-order valence-corrected chi connectivity index (χ4v) is 4.03. The van der Waals surface area contributed by atoms with E-state index in [1.165, 1.54) is 35.8 Å². The average molecular weight is 454 g/mol. The number of carbonyl (C=O) groups excluding carboxylic acids is 1. The predicted octanol–water partition coefficient (Wildman–Crippen LogP) is 2.99. The number of para-hydroxylation sites is 1. The Morgan fingerprint density at radius 3 is 2.34 bits per heavy atom. The van der Waals surface area contributed by atoms with Crippen LogP contribution in [0, 0.1) is 6.92 Å². The van der Waals surface area contributed by atoms with Crippen molar-refractivity contribution >= 4 is 22.1 Å². The van der Waals surface area contributed by atoms with Gasteiger partial charge in [0, 0.05) is 24.7 Å². The molecular weight excluding hydrogens is 430 g/mol. The van der Waals surface area contributed by atoms with Crippen LogP contribution in [-0.4, -0.2) is 42.1 Å². The first-order chi connectivity index (χ1) is 15.2. The molecule has 0 aliphatic heterocycles. The normalized spacial score (nSPS) is 11.7. The molecule has 0 unspecified atom stereocenters. The molecule has 0 heterocycles. The molecule has 3 N–H and O–H groups in total. The summed E-state index contributed by atoms with van der Waals surface area (Å²) in [6, 6.07) is 17.5. The van der Waals surface area contributed by atoms with Gasteiger partial charge in [0.2, 0.25) is 10.0 Å². The summed E-state index contributed by atoms with van der Waals surface area (Å²) in [6.45, 7) is 2.03. The average Bonchev–Trinajstić information content (AvgIpc) is 2.77. The summed E-state index contributed by atoms with van der Waals surface area (Å²) in [5.74, 6) is -1.10. The van der Waals surface area contributed by atoms with Crippen molar-refractivity contribution in [3.8, 4) is 11.5 Å². The van der Waals surface area contributed by atoms with Gasteiger partial charge in [0.1, 0.15) is 0 Å². The fraction of sp³-hybridized carbons (Fsp3) is 0.130. The zero-order valence-electron chi connectivity index (χ0n) is 17.6. The first-order valence-corrected chi connectivity index (χ1v) is 11.1. The Hall–Kier alpha value is -3.69. The number of hydrogen-bond acceptors (Lipinski definition) is 6. The molecule has 8 nitrogen and oxygen atoms in total. The molecule has 0 saturated carbocycles. The van der Waals surface area contributed by atoms with Crippen LogP contribution in [0.15, 0.2) is 76.7 Å². The minimum absolute atomic E-state index is 0.146. The third-order valence-corrected chi connectivity index (χ3v) is 6.58. The SMILES string of the molecule is Cc1ccc(S(=O)(=O)N(C)Cc2ccc(C(=O)NN=Cc3cccc(O)c3O)cc2)cc1. The van der Waals surface area contributed by atoms with Crippen LogP contribution in [0.3, 0.4) is 0 Å². The third kappa shape index (κ3) is 5.32. The number of nitrogens with zero attached hydrogens (tertiary/aromatic N) is 2. The van der Waals surface area contributed by atoms with Crippen molar-refractivity contribution in [1.29, 1.82) is 0 Å². The maximum absolute atomic E-state index is 12.7. The van der Waals surface area contributed by atoms with E-state index in [1.54, 1.807) is 48.5 Å². The van der Waals surface area contributed by atoms with Crippen molar-refractivity contribution in [1.82, 2.24) is 9.73 Å². The number of aromatic hydroxyl groups is 2. The monoisotopic (exact) mass is 453 g/mol. The molecule has 32 heavy (non-hydrogen) atoms. The van der Waals surface area contributed by atoms with Crippen molar-refractivity contribution in [2.45, 2.75) is 18.4 Å². The molecule has 0 aromatic heterocycles. The quantitative estimate of drug-likeness (QED) is 0.289. The van der Waals surface area contributed by atoms with Gasteiger partial charge in [0.25, 0.3) is 5.91 Å². The molecule has 0 aliphatic carbocycles. The molecule has 3 aromatic carbocycles. The Morgan fingerprint density at radius 2 is 1.69 bits per heavy atom. The van der Waals surface area contributed by atoms with Crippen molar-refractivity contribution in [2.75, 3.05) is 7.05 Å². The van der Waals surface area contributed by atoms with Crippen LogP contribution in [0.1, 0.15) is 27.0 Å². The zero-order valence-corrected chi connectivity index (χ0v) is 18.4. The number of aryl methyl sites for hydroxylation is 1. The van der Waals surface area contributed by atoms with E-state index in [0.717, 1.165) is 5.56 Å². The van der Waals surface area contributed by atoms with Crippen LogP contribution in [0.2, 0.25) is 0 Å². The van der Waals surface area contributed by atoms with E-state index in [0.29, 0.717) is 11.1 Å². The largest absolute Gasteiger partial charge is 0.504 e. The Labute approximate surface area is 186 Å². The zero-order chi connectivity index (χ0) is 23.3. The summed E-state index contributed by atoms with van der Waals surface area (Å²) in [6.07, 6.45) is 1.21. The summed E-state index contributed by atoms with van der Waals surface area (Å²) in [5.41, 5.74) is 4.60. The van der Waals surface area contributed by atoms with Crippen molar-refractivity contribution in [3.05, 3.63) is 89.0 Å². The van der Waals surface area contributed by atoms with E-state index in [9.17, 15) is 23.4 Å². The highest BCUT2D eigenvalue weighted by molar-refractivity contribution is 7.89. The molecule has 1 amide bonds. The highest BCUT2D eigenvalue weighted by atomic mass is 32.2. The first-order valence-electron chi connectivity index (χ1n) is 9.65. The standard InChI is InChI=1S/C23H23N3O5S/c1-16-6-12-20(13-7-16)32(30,31)26(2)15-17-8-10-18(11-9-17)23(29)25-24-14-19-4-3-5-21(27)22(19)28/h3-14,27-28H,15H2,1-2H3,(H,25,29). The second kappa shape index (κ2) is 9.63. The molecule has 3 rings (SSSR count). The number of carbonyl (C=O) groups is 1. The highest BCUT2D eigenvalue weighted by Crippen LogP contribution is 2.26. The highest BCUT2D eigenvalue weighted by Gasteiger charge is 2.20. The number of phenols is 2. The van der Waals surface area contributed by atoms with Crippen molar-refractivity contribution in [3.63, 3.8) is 0 Å². The minimum Gasteiger partial charge on any atom is -0.504 e. The lowest BCUT2D eigenvalue weighted by atomic mass is 10.1. The molecule has 0 aliphatic rings. The van der Waals surface area contributed by atoms with Crippen molar-refractivity contribution in [2.24, 2.45) is 5.10 Å². The first kappa shape index (κ1) is 23.0. The molecule has 3 aromatic rings. The predicted molar refractivity (Wildman–Crippen MR) is 121 cm³/mol. The number of hydrazone groups is 1. The molecule has 0 fully saturated rings. The maximum atomic E-state index is 12.7. The molecule has 0 bridgehead atoms. The summed E-state index contributed by atoms with van der Waals surface area (Å²) in [4.78, 5) is 12.5. The Balaban J connectivity index is 1.63. The molecule has 0 spiro atoms. The molecule has 166 valence electrons. The Morgan fingerprint density at radius 1 is 1.03 bits per heavy atom. The summed E-state index contributed by atoms with van der Waals surface area (Å²) < 4.78 is 26.7. The summed E-state index contributed by atoms with van der Waals surface area (Å²) >= 11 is 0. The van der Waals surface area contributed by atoms with E-state index in [2.05, 4.69) is 10.5 Å². The van der Waals surface area contributed by atoms with Gasteiger partial charge >= 0.3 is 0 Å². The molecule has 0 atom stereocenters. The summed E-state index contributed by atoms with van der Waals surface area (Å²) in [5, 5.41) is 23.0. The number of phenolic OH excluding ortho intramolecular Hbond substituents is 2. The minimum atomic E-state index is -3.63. The Kier molecular flexibility index (Phi) is 6.92. The van der Waals surface area contributed by atoms with Gasteiger partial charge in [-0.1, -0.05) is 35.9 Å². The van der Waals surface area contributed by atoms with Gasteiger partial charge in [-0.25, -0.2) is 13.8 Å². The molecule has 0 radical (unpaired) electrons. The second-order valence-corrected chi connectivity index (χ2v) is 9.23. The number of benzene rings is 3. The van der Waals surface area contributed by atoms with Crippen LogP contribution < -0.4 is 5.43 Å². The lowest BCUT2D eigenvalue weighted by molar-refractivity contribution is 0.0955. The topological polar surface area (TPSA) is 119 Å². The van der Waals surface area contributed by atoms with Gasteiger partial charge in [-0.2, -0.15) is 9.41 Å². The second-order valence-electron chi connectivity index (χ2n) is 7.19. The van der Waals surface area contributed by atoms with Gasteiger partial charge in [-0.05, 0) is 48.9 Å². The van der Waals surface area contributed by atoms with Gasteiger partial charge in [-0.3, -0.25) is 4.79 Å². The smallest absolute Gasteiger partial charge is 0.271 e. The lowest BCUT2D eigenvalue weighted by Crippen LogP contribution is -2.26. The number of hydrogen-bond donors (Lipinski definition) is 3.